The quantitative estimate of drug-likeness (QED) is 0.543. The molecule has 2 fully saturated rings. The van der Waals surface area contributed by atoms with Crippen LogP contribution in [0, 0.1) is 0 Å². The molecule has 2 aliphatic rings. The van der Waals surface area contributed by atoms with Gasteiger partial charge in [0.1, 0.15) is 0 Å². The van der Waals surface area contributed by atoms with E-state index in [0.717, 1.165) is 19.7 Å². The molecule has 2 unspecified atom stereocenters. The smallest absolute Gasteiger partial charge is 0.0968 e. The summed E-state index contributed by atoms with van der Waals surface area (Å²) in [5.74, 6) is 0. The van der Waals surface area contributed by atoms with Crippen molar-refractivity contribution in [1.29, 1.82) is 0 Å². The summed E-state index contributed by atoms with van der Waals surface area (Å²) >= 11 is 0. The average Bonchev–Trinajstić information content (AvgIpc) is 2.78. The summed E-state index contributed by atoms with van der Waals surface area (Å²) in [5, 5.41) is 0. The summed E-state index contributed by atoms with van der Waals surface area (Å²) < 4.78 is 10.4. The Kier molecular flexibility index (Phi) is 2.11. The third-order valence-corrected chi connectivity index (χ3v) is 2.47. The molecule has 0 aromatic heterocycles. The van der Waals surface area contributed by atoms with Crippen LogP contribution in [0.2, 0.25) is 0 Å². The fraction of sp³-hybridized carbons (Fsp3) is 1.00. The molecule has 0 radical (unpaired) electrons. The molecule has 0 saturated carbocycles. The monoisotopic (exact) mass is 157 g/mol. The van der Waals surface area contributed by atoms with Crippen LogP contribution in [0.1, 0.15) is 6.42 Å². The van der Waals surface area contributed by atoms with Crippen molar-refractivity contribution in [2.24, 2.45) is 0 Å². The lowest BCUT2D eigenvalue weighted by Gasteiger charge is -2.23. The van der Waals surface area contributed by atoms with Crippen molar-refractivity contribution in [1.82, 2.24) is 4.90 Å². The fourth-order valence-corrected chi connectivity index (χ4v) is 1.67. The van der Waals surface area contributed by atoms with Crippen LogP contribution in [0.25, 0.3) is 0 Å². The highest BCUT2D eigenvalue weighted by Crippen LogP contribution is 2.30. The van der Waals surface area contributed by atoms with Crippen LogP contribution in [-0.2, 0) is 9.47 Å². The predicted molar refractivity (Wildman–Crippen MR) is 41.6 cm³/mol. The van der Waals surface area contributed by atoms with Crippen molar-refractivity contribution in [3.8, 4) is 0 Å². The van der Waals surface area contributed by atoms with Gasteiger partial charge in [-0.1, -0.05) is 0 Å². The highest BCUT2D eigenvalue weighted by atomic mass is 16.6. The van der Waals surface area contributed by atoms with Gasteiger partial charge in [-0.25, -0.2) is 0 Å². The second-order valence-electron chi connectivity index (χ2n) is 3.30. The molecule has 2 aliphatic heterocycles. The van der Waals surface area contributed by atoms with Gasteiger partial charge in [0.05, 0.1) is 18.8 Å². The van der Waals surface area contributed by atoms with E-state index in [1.54, 1.807) is 7.11 Å². The maximum absolute atomic E-state index is 5.41. The van der Waals surface area contributed by atoms with Crippen molar-refractivity contribution < 1.29 is 9.47 Å². The zero-order valence-corrected chi connectivity index (χ0v) is 6.95. The van der Waals surface area contributed by atoms with Crippen molar-refractivity contribution in [2.75, 3.05) is 33.4 Å². The molecule has 3 nitrogen and oxygen atoms in total. The number of nitrogens with zero attached hydrogens (tertiary/aromatic N) is 1. The van der Waals surface area contributed by atoms with E-state index in [1.165, 1.54) is 13.0 Å². The average molecular weight is 157 g/mol. The molecule has 3 heteroatoms. The summed E-state index contributed by atoms with van der Waals surface area (Å²) in [6.07, 6.45) is 2.38. The lowest BCUT2D eigenvalue weighted by Crippen LogP contribution is -2.36. The van der Waals surface area contributed by atoms with E-state index in [9.17, 15) is 0 Å². The lowest BCUT2D eigenvalue weighted by atomic mass is 10.1. The maximum atomic E-state index is 5.41. The zero-order valence-electron chi connectivity index (χ0n) is 6.95. The topological polar surface area (TPSA) is 25.0 Å². The first-order chi connectivity index (χ1) is 5.40. The molecular formula is C8H15NO2. The molecule has 0 aliphatic carbocycles. The highest BCUT2D eigenvalue weighted by molar-refractivity contribution is 4.92. The molecule has 2 saturated heterocycles. The van der Waals surface area contributed by atoms with E-state index >= 15 is 0 Å². The van der Waals surface area contributed by atoms with Gasteiger partial charge < -0.3 is 9.47 Å². The second-order valence-corrected chi connectivity index (χ2v) is 3.30. The molecule has 2 heterocycles. The maximum Gasteiger partial charge on any atom is 0.0968 e. The SMILES string of the molecule is COCCN1CCC2OC2C1. The van der Waals surface area contributed by atoms with Crippen LogP contribution in [0.15, 0.2) is 0 Å². The van der Waals surface area contributed by atoms with Gasteiger partial charge in [-0.05, 0) is 6.42 Å². The Morgan fingerprint density at radius 3 is 3.18 bits per heavy atom. The van der Waals surface area contributed by atoms with Crippen LogP contribution in [-0.4, -0.2) is 50.5 Å². The highest BCUT2D eigenvalue weighted by Gasteiger charge is 2.42. The first kappa shape index (κ1) is 7.53. The van der Waals surface area contributed by atoms with Crippen LogP contribution in [0.3, 0.4) is 0 Å². The fourth-order valence-electron chi connectivity index (χ4n) is 1.67. The normalized spacial score (nSPS) is 36.8. The van der Waals surface area contributed by atoms with Crippen LogP contribution in [0.5, 0.6) is 0 Å². The third kappa shape index (κ3) is 1.72. The van der Waals surface area contributed by atoms with Gasteiger partial charge in [-0.2, -0.15) is 0 Å². The lowest BCUT2D eigenvalue weighted by molar-refractivity contribution is 0.140. The number of piperidine rings is 1. The molecule has 0 bridgehead atoms. The summed E-state index contributed by atoms with van der Waals surface area (Å²) in [4.78, 5) is 2.41. The van der Waals surface area contributed by atoms with Gasteiger partial charge in [0, 0.05) is 26.7 Å². The molecule has 2 atom stereocenters. The molecule has 0 spiro atoms. The standard InChI is InChI=1S/C8H15NO2/c1-10-5-4-9-3-2-7-8(6-9)11-7/h7-8H,2-6H2,1H3. The van der Waals surface area contributed by atoms with Gasteiger partial charge in [0.2, 0.25) is 0 Å². The van der Waals surface area contributed by atoms with Crippen LogP contribution >= 0.6 is 0 Å². The number of methoxy groups -OCH3 is 1. The first-order valence-corrected chi connectivity index (χ1v) is 4.27. The molecular weight excluding hydrogens is 142 g/mol. The summed E-state index contributed by atoms with van der Waals surface area (Å²) in [5.41, 5.74) is 0. The Balaban J connectivity index is 1.68. The predicted octanol–water partition coefficient (Wildman–Crippen LogP) is 0.106. The first-order valence-electron chi connectivity index (χ1n) is 4.27. The van der Waals surface area contributed by atoms with Gasteiger partial charge in [0.25, 0.3) is 0 Å². The van der Waals surface area contributed by atoms with E-state index in [0.29, 0.717) is 12.2 Å². The van der Waals surface area contributed by atoms with E-state index in [2.05, 4.69) is 4.90 Å². The molecule has 0 aromatic carbocycles. The van der Waals surface area contributed by atoms with Gasteiger partial charge >= 0.3 is 0 Å². The van der Waals surface area contributed by atoms with Crippen molar-refractivity contribution >= 4 is 0 Å². The second kappa shape index (κ2) is 3.09. The number of likely N-dealkylation sites (tertiary alicyclic amines) is 1. The molecule has 0 amide bonds. The Labute approximate surface area is 67.3 Å². The summed E-state index contributed by atoms with van der Waals surface area (Å²) in [6, 6.07) is 0. The molecule has 11 heavy (non-hydrogen) atoms. The van der Waals surface area contributed by atoms with E-state index in [-0.39, 0.29) is 0 Å². The van der Waals surface area contributed by atoms with E-state index in [4.69, 9.17) is 9.47 Å². The molecule has 2 rings (SSSR count). The van der Waals surface area contributed by atoms with Gasteiger partial charge in [0.15, 0.2) is 0 Å². The Hall–Kier alpha value is -0.120. The van der Waals surface area contributed by atoms with Crippen LogP contribution < -0.4 is 0 Å². The number of hydrogen-bond acceptors (Lipinski definition) is 3. The van der Waals surface area contributed by atoms with E-state index < -0.39 is 0 Å². The molecule has 0 aromatic rings. The largest absolute Gasteiger partial charge is 0.383 e. The number of rotatable bonds is 3. The number of fused-ring (bicyclic) bond motifs is 1. The Morgan fingerprint density at radius 2 is 2.45 bits per heavy atom. The van der Waals surface area contributed by atoms with Gasteiger partial charge in [-0.15, -0.1) is 0 Å². The summed E-state index contributed by atoms with van der Waals surface area (Å²) in [7, 11) is 1.75. The van der Waals surface area contributed by atoms with E-state index in [1.807, 2.05) is 0 Å². The van der Waals surface area contributed by atoms with Crippen LogP contribution in [0.4, 0.5) is 0 Å². The third-order valence-electron chi connectivity index (χ3n) is 2.47. The number of epoxide rings is 1. The minimum Gasteiger partial charge on any atom is -0.383 e. The Morgan fingerprint density at radius 1 is 1.55 bits per heavy atom. The number of hydrogen-bond donors (Lipinski definition) is 0. The molecule has 0 N–H and O–H groups in total. The van der Waals surface area contributed by atoms with Gasteiger partial charge in [-0.3, -0.25) is 4.90 Å². The zero-order chi connectivity index (χ0) is 7.68. The van der Waals surface area contributed by atoms with Crippen molar-refractivity contribution in [3.63, 3.8) is 0 Å². The summed E-state index contributed by atoms with van der Waals surface area (Å²) in [6.45, 7) is 4.21. The Bertz CT molecular complexity index is 140. The number of ether oxygens (including phenoxy) is 2. The van der Waals surface area contributed by atoms with Crippen molar-refractivity contribution in [3.05, 3.63) is 0 Å². The minimum atomic E-state index is 0.556. The van der Waals surface area contributed by atoms with Crippen molar-refractivity contribution in [2.45, 2.75) is 18.6 Å². The minimum absolute atomic E-state index is 0.556. The molecule has 64 valence electrons.